The quantitative estimate of drug-likeness (QED) is 0.799. The molecule has 0 saturated heterocycles. The van der Waals surface area contributed by atoms with Crippen LogP contribution in [0.5, 0.6) is 0 Å². The number of aromatic nitrogens is 1. The van der Waals surface area contributed by atoms with Gasteiger partial charge in [-0.2, -0.15) is 0 Å². The van der Waals surface area contributed by atoms with Gasteiger partial charge in [-0.1, -0.05) is 17.3 Å². The number of thiophene rings is 1. The molecule has 0 radical (unpaired) electrons. The maximum Gasteiger partial charge on any atom is 0.230 e. The maximum absolute atomic E-state index is 13.0. The largest absolute Gasteiger partial charge is 0.355 e. The highest BCUT2D eigenvalue weighted by Crippen LogP contribution is 2.25. The first kappa shape index (κ1) is 13.5. The molecule has 0 atom stereocenters. The number of halogens is 1. The number of amides is 1. The van der Waals surface area contributed by atoms with Crippen LogP contribution >= 0.6 is 11.3 Å². The zero-order chi connectivity index (χ0) is 14.7. The van der Waals surface area contributed by atoms with Crippen molar-refractivity contribution in [1.82, 2.24) is 5.16 Å². The molecule has 0 bridgehead atoms. The number of benzene rings is 1. The molecule has 0 saturated carbocycles. The molecular formula is C15H11FN2O2S. The fourth-order valence-corrected chi connectivity index (χ4v) is 2.54. The first-order valence-corrected chi connectivity index (χ1v) is 7.13. The molecule has 0 fully saturated rings. The Balaban J connectivity index is 1.65. The van der Waals surface area contributed by atoms with Crippen LogP contribution < -0.4 is 5.32 Å². The van der Waals surface area contributed by atoms with E-state index in [1.165, 1.54) is 29.5 Å². The standard InChI is InChI=1S/C15H11FN2O2S/c16-10-3-1-4-11(7-10)17-15(19)9-12-8-13(20-18-12)14-5-2-6-21-14/h1-8H,9H2,(H,17,19). The van der Waals surface area contributed by atoms with E-state index in [1.807, 2.05) is 17.5 Å². The molecule has 0 spiro atoms. The van der Waals surface area contributed by atoms with E-state index in [9.17, 15) is 9.18 Å². The van der Waals surface area contributed by atoms with Crippen LogP contribution in [0.2, 0.25) is 0 Å². The minimum atomic E-state index is -0.394. The first-order chi connectivity index (χ1) is 10.2. The van der Waals surface area contributed by atoms with Crippen LogP contribution in [0, 0.1) is 5.82 Å². The summed E-state index contributed by atoms with van der Waals surface area (Å²) in [4.78, 5) is 12.8. The van der Waals surface area contributed by atoms with E-state index in [0.29, 0.717) is 17.1 Å². The lowest BCUT2D eigenvalue weighted by atomic mass is 10.2. The van der Waals surface area contributed by atoms with Crippen LogP contribution in [-0.4, -0.2) is 11.1 Å². The number of hydrogen-bond donors (Lipinski definition) is 1. The summed E-state index contributed by atoms with van der Waals surface area (Å²) in [6.45, 7) is 0. The molecule has 6 heteroatoms. The first-order valence-electron chi connectivity index (χ1n) is 6.25. The molecule has 0 aliphatic carbocycles. The SMILES string of the molecule is O=C(Cc1cc(-c2cccs2)on1)Nc1cccc(F)c1. The summed E-state index contributed by atoms with van der Waals surface area (Å²) in [6.07, 6.45) is 0.0748. The van der Waals surface area contributed by atoms with Crippen molar-refractivity contribution in [2.24, 2.45) is 0 Å². The summed E-state index contributed by atoms with van der Waals surface area (Å²) < 4.78 is 18.2. The van der Waals surface area contributed by atoms with Gasteiger partial charge in [0.1, 0.15) is 5.82 Å². The van der Waals surface area contributed by atoms with Crippen molar-refractivity contribution in [3.05, 3.63) is 59.4 Å². The van der Waals surface area contributed by atoms with Gasteiger partial charge < -0.3 is 9.84 Å². The lowest BCUT2D eigenvalue weighted by molar-refractivity contribution is -0.115. The van der Waals surface area contributed by atoms with Crippen LogP contribution in [0.25, 0.3) is 10.6 Å². The van der Waals surface area contributed by atoms with Gasteiger partial charge in [0.05, 0.1) is 17.0 Å². The molecule has 1 aromatic carbocycles. The third-order valence-electron chi connectivity index (χ3n) is 2.77. The Morgan fingerprint density at radius 2 is 2.19 bits per heavy atom. The van der Waals surface area contributed by atoms with Gasteiger partial charge in [-0.15, -0.1) is 11.3 Å². The van der Waals surface area contributed by atoms with Crippen molar-refractivity contribution in [1.29, 1.82) is 0 Å². The molecule has 3 rings (SSSR count). The van der Waals surface area contributed by atoms with Crippen molar-refractivity contribution in [2.75, 3.05) is 5.32 Å². The Morgan fingerprint density at radius 3 is 2.95 bits per heavy atom. The molecule has 2 aromatic heterocycles. The minimum Gasteiger partial charge on any atom is -0.355 e. The van der Waals surface area contributed by atoms with Crippen molar-refractivity contribution < 1.29 is 13.7 Å². The zero-order valence-corrected chi connectivity index (χ0v) is 11.7. The fraction of sp³-hybridized carbons (Fsp3) is 0.0667. The molecule has 21 heavy (non-hydrogen) atoms. The van der Waals surface area contributed by atoms with Crippen LogP contribution in [0.4, 0.5) is 10.1 Å². The monoisotopic (exact) mass is 302 g/mol. The summed E-state index contributed by atoms with van der Waals surface area (Å²) in [5.74, 6) is -0.0283. The fourth-order valence-electron chi connectivity index (χ4n) is 1.87. The van der Waals surface area contributed by atoms with E-state index in [0.717, 1.165) is 4.88 Å². The van der Waals surface area contributed by atoms with E-state index in [4.69, 9.17) is 4.52 Å². The normalized spacial score (nSPS) is 10.5. The second-order valence-electron chi connectivity index (χ2n) is 4.40. The Kier molecular flexibility index (Phi) is 3.79. The van der Waals surface area contributed by atoms with Crippen LogP contribution in [0.15, 0.2) is 52.4 Å². The zero-order valence-electron chi connectivity index (χ0n) is 10.9. The topological polar surface area (TPSA) is 55.1 Å². The van der Waals surface area contributed by atoms with E-state index in [-0.39, 0.29) is 12.3 Å². The van der Waals surface area contributed by atoms with E-state index >= 15 is 0 Å². The Bertz CT molecular complexity index is 753. The van der Waals surface area contributed by atoms with Crippen molar-refractivity contribution in [3.8, 4) is 10.6 Å². The predicted molar refractivity (Wildman–Crippen MR) is 78.5 cm³/mol. The van der Waals surface area contributed by atoms with Gasteiger partial charge in [0, 0.05) is 11.8 Å². The smallest absolute Gasteiger partial charge is 0.230 e. The maximum atomic E-state index is 13.0. The molecule has 1 N–H and O–H groups in total. The Labute approximate surface area is 124 Å². The van der Waals surface area contributed by atoms with E-state index in [1.54, 1.807) is 12.1 Å². The third-order valence-corrected chi connectivity index (χ3v) is 3.66. The number of carbonyl (C=O) groups is 1. The highest BCUT2D eigenvalue weighted by atomic mass is 32.1. The lowest BCUT2D eigenvalue weighted by Gasteiger charge is -2.03. The minimum absolute atomic E-state index is 0.0748. The number of nitrogens with one attached hydrogen (secondary N) is 1. The summed E-state index contributed by atoms with van der Waals surface area (Å²) in [5.41, 5.74) is 0.953. The van der Waals surface area contributed by atoms with Gasteiger partial charge in [-0.05, 0) is 29.6 Å². The van der Waals surface area contributed by atoms with Gasteiger partial charge in [0.25, 0.3) is 0 Å². The number of rotatable bonds is 4. The molecule has 3 aromatic rings. The second kappa shape index (κ2) is 5.88. The third kappa shape index (κ3) is 3.35. The highest BCUT2D eigenvalue weighted by Gasteiger charge is 2.11. The lowest BCUT2D eigenvalue weighted by Crippen LogP contribution is -2.14. The van der Waals surface area contributed by atoms with E-state index in [2.05, 4.69) is 10.5 Å². The van der Waals surface area contributed by atoms with Gasteiger partial charge in [-0.25, -0.2) is 4.39 Å². The van der Waals surface area contributed by atoms with Gasteiger partial charge in [0.15, 0.2) is 5.76 Å². The van der Waals surface area contributed by atoms with Crippen LogP contribution in [0.1, 0.15) is 5.69 Å². The molecule has 106 valence electrons. The average molecular weight is 302 g/mol. The molecule has 0 aliphatic heterocycles. The van der Waals surface area contributed by atoms with Gasteiger partial charge >= 0.3 is 0 Å². The highest BCUT2D eigenvalue weighted by molar-refractivity contribution is 7.13. The summed E-state index contributed by atoms with van der Waals surface area (Å²) >= 11 is 1.54. The average Bonchev–Trinajstić information content (AvgIpc) is 3.08. The number of anilines is 1. The van der Waals surface area contributed by atoms with Crippen LogP contribution in [0.3, 0.4) is 0 Å². The summed E-state index contributed by atoms with van der Waals surface area (Å²) in [6, 6.07) is 11.3. The molecule has 4 nitrogen and oxygen atoms in total. The number of nitrogens with zero attached hydrogens (tertiary/aromatic N) is 1. The summed E-state index contributed by atoms with van der Waals surface area (Å²) in [5, 5.41) is 8.42. The second-order valence-corrected chi connectivity index (χ2v) is 5.34. The van der Waals surface area contributed by atoms with Gasteiger partial charge in [-0.3, -0.25) is 4.79 Å². The van der Waals surface area contributed by atoms with Crippen molar-refractivity contribution >= 4 is 22.9 Å². The Morgan fingerprint density at radius 1 is 1.29 bits per heavy atom. The molecular weight excluding hydrogens is 291 g/mol. The molecule has 1 amide bonds. The van der Waals surface area contributed by atoms with Crippen molar-refractivity contribution in [2.45, 2.75) is 6.42 Å². The van der Waals surface area contributed by atoms with Crippen molar-refractivity contribution in [3.63, 3.8) is 0 Å². The number of carbonyl (C=O) groups excluding carboxylic acids is 1. The van der Waals surface area contributed by atoms with Crippen LogP contribution in [-0.2, 0) is 11.2 Å². The van der Waals surface area contributed by atoms with E-state index < -0.39 is 5.82 Å². The predicted octanol–water partition coefficient (Wildman–Crippen LogP) is 3.72. The number of hydrogen-bond acceptors (Lipinski definition) is 4. The Hall–Kier alpha value is -2.47. The summed E-state index contributed by atoms with van der Waals surface area (Å²) in [7, 11) is 0. The molecule has 0 unspecified atom stereocenters. The van der Waals surface area contributed by atoms with Gasteiger partial charge in [0.2, 0.25) is 5.91 Å². The molecule has 2 heterocycles. The molecule has 0 aliphatic rings.